The number of carbonyl (C=O) groups excluding carboxylic acids is 1. The number of pyridine rings is 1. The largest absolute Gasteiger partial charge is 0.383 e. The molecule has 1 aliphatic heterocycles. The molecule has 130 valence electrons. The van der Waals surface area contributed by atoms with Crippen LogP contribution in [0, 0.1) is 28.6 Å². The zero-order valence-corrected chi connectivity index (χ0v) is 14.9. The SMILES string of the molecule is N#Cc1cc(C#N)c(SCC(=O)N2CCC[C@H]3CCCC[C@H]32)nc1N. The molecule has 2 aliphatic rings. The van der Waals surface area contributed by atoms with Gasteiger partial charge in [0.15, 0.2) is 0 Å². The summed E-state index contributed by atoms with van der Waals surface area (Å²) in [5.41, 5.74) is 6.22. The summed E-state index contributed by atoms with van der Waals surface area (Å²) < 4.78 is 0. The monoisotopic (exact) mass is 355 g/mol. The maximum Gasteiger partial charge on any atom is 0.233 e. The Morgan fingerprint density at radius 1 is 1.24 bits per heavy atom. The number of hydrogen-bond donors (Lipinski definition) is 1. The number of nitrogens with zero attached hydrogens (tertiary/aromatic N) is 4. The van der Waals surface area contributed by atoms with Crippen LogP contribution in [0.1, 0.15) is 49.7 Å². The molecule has 0 unspecified atom stereocenters. The maximum absolute atomic E-state index is 12.7. The zero-order chi connectivity index (χ0) is 17.8. The van der Waals surface area contributed by atoms with Crippen molar-refractivity contribution in [2.75, 3.05) is 18.0 Å². The summed E-state index contributed by atoms with van der Waals surface area (Å²) >= 11 is 1.23. The van der Waals surface area contributed by atoms with Crippen molar-refractivity contribution in [3.63, 3.8) is 0 Å². The molecule has 6 nitrogen and oxygen atoms in total. The van der Waals surface area contributed by atoms with E-state index in [2.05, 4.69) is 4.98 Å². The van der Waals surface area contributed by atoms with Crippen LogP contribution in [0.15, 0.2) is 11.1 Å². The molecule has 1 saturated carbocycles. The van der Waals surface area contributed by atoms with E-state index < -0.39 is 0 Å². The molecule has 2 heterocycles. The van der Waals surface area contributed by atoms with E-state index in [1.165, 1.54) is 43.5 Å². The van der Waals surface area contributed by atoms with Gasteiger partial charge in [0.05, 0.1) is 16.9 Å². The Hall–Kier alpha value is -2.25. The third-order valence-corrected chi connectivity index (χ3v) is 6.13. The maximum atomic E-state index is 12.7. The second-order valence-corrected chi connectivity index (χ2v) is 7.59. The van der Waals surface area contributed by atoms with Gasteiger partial charge in [-0.2, -0.15) is 10.5 Å². The molecule has 0 radical (unpaired) electrons. The molecule has 0 aromatic carbocycles. The van der Waals surface area contributed by atoms with E-state index in [1.54, 1.807) is 0 Å². The van der Waals surface area contributed by atoms with Crippen LogP contribution in [0.2, 0.25) is 0 Å². The number of anilines is 1. The lowest BCUT2D eigenvalue weighted by atomic mass is 9.78. The summed E-state index contributed by atoms with van der Waals surface area (Å²) in [6, 6.07) is 5.77. The number of hydrogen-bond acceptors (Lipinski definition) is 6. The average molecular weight is 355 g/mol. The lowest BCUT2D eigenvalue weighted by Gasteiger charge is -2.44. The van der Waals surface area contributed by atoms with Gasteiger partial charge in [-0.3, -0.25) is 4.79 Å². The van der Waals surface area contributed by atoms with Gasteiger partial charge in [0, 0.05) is 12.6 Å². The first kappa shape index (κ1) is 17.6. The fourth-order valence-electron chi connectivity index (χ4n) is 3.94. The molecule has 0 bridgehead atoms. The topological polar surface area (TPSA) is 107 Å². The number of likely N-dealkylation sites (tertiary alicyclic amines) is 1. The Bertz CT molecular complexity index is 749. The highest BCUT2D eigenvalue weighted by Gasteiger charge is 2.35. The Kier molecular flexibility index (Phi) is 5.45. The van der Waals surface area contributed by atoms with E-state index in [0.29, 0.717) is 17.0 Å². The number of nitrogen functional groups attached to an aromatic ring is 1. The Morgan fingerprint density at radius 2 is 1.96 bits per heavy atom. The first-order valence-electron chi connectivity index (χ1n) is 8.67. The minimum atomic E-state index is 0.0989. The first-order chi connectivity index (χ1) is 12.1. The Labute approximate surface area is 152 Å². The minimum Gasteiger partial charge on any atom is -0.383 e. The molecule has 2 atom stereocenters. The van der Waals surface area contributed by atoms with Crippen LogP contribution in [0.3, 0.4) is 0 Å². The second kappa shape index (κ2) is 7.76. The minimum absolute atomic E-state index is 0.0989. The Balaban J connectivity index is 1.69. The fraction of sp³-hybridized carbons (Fsp3) is 0.556. The van der Waals surface area contributed by atoms with E-state index in [9.17, 15) is 10.1 Å². The molecule has 2 fully saturated rings. The van der Waals surface area contributed by atoms with Crippen molar-refractivity contribution in [1.29, 1.82) is 10.5 Å². The van der Waals surface area contributed by atoms with Crippen molar-refractivity contribution in [3.8, 4) is 12.1 Å². The molecule has 7 heteroatoms. The van der Waals surface area contributed by atoms with Crippen LogP contribution in [0.4, 0.5) is 5.82 Å². The van der Waals surface area contributed by atoms with E-state index in [-0.39, 0.29) is 28.6 Å². The summed E-state index contributed by atoms with van der Waals surface area (Å²) in [6.07, 6.45) is 7.11. The molecule has 1 amide bonds. The number of thioether (sulfide) groups is 1. The highest BCUT2D eigenvalue weighted by Crippen LogP contribution is 2.36. The number of piperidine rings is 1. The molecular formula is C18H21N5OS. The molecular weight excluding hydrogens is 334 g/mol. The number of aromatic nitrogens is 1. The summed E-state index contributed by atoms with van der Waals surface area (Å²) in [7, 11) is 0. The molecule has 1 saturated heterocycles. The molecule has 3 rings (SSSR count). The lowest BCUT2D eigenvalue weighted by Crippen LogP contribution is -2.50. The number of nitrogens with two attached hydrogens (primary N) is 1. The van der Waals surface area contributed by atoms with Crippen molar-refractivity contribution in [2.24, 2.45) is 5.92 Å². The van der Waals surface area contributed by atoms with Crippen LogP contribution in [-0.2, 0) is 4.79 Å². The smallest absolute Gasteiger partial charge is 0.233 e. The average Bonchev–Trinajstić information content (AvgIpc) is 2.65. The predicted octanol–water partition coefficient (Wildman–Crippen LogP) is 2.68. The fourth-order valence-corrected chi connectivity index (χ4v) is 4.79. The van der Waals surface area contributed by atoms with E-state index in [1.807, 2.05) is 17.0 Å². The lowest BCUT2D eigenvalue weighted by molar-refractivity contribution is -0.134. The van der Waals surface area contributed by atoms with Crippen LogP contribution in [0.5, 0.6) is 0 Å². The van der Waals surface area contributed by atoms with Gasteiger partial charge in [0.2, 0.25) is 5.91 Å². The van der Waals surface area contributed by atoms with Gasteiger partial charge in [-0.15, -0.1) is 0 Å². The van der Waals surface area contributed by atoms with Crippen molar-refractivity contribution >= 4 is 23.5 Å². The van der Waals surface area contributed by atoms with Crippen LogP contribution in [-0.4, -0.2) is 34.1 Å². The van der Waals surface area contributed by atoms with E-state index in [0.717, 1.165) is 19.4 Å². The van der Waals surface area contributed by atoms with E-state index in [4.69, 9.17) is 11.0 Å². The Morgan fingerprint density at radius 3 is 2.72 bits per heavy atom. The summed E-state index contributed by atoms with van der Waals surface area (Å²) in [6.45, 7) is 0.828. The highest BCUT2D eigenvalue weighted by molar-refractivity contribution is 8.00. The van der Waals surface area contributed by atoms with E-state index >= 15 is 0 Å². The summed E-state index contributed by atoms with van der Waals surface area (Å²) in [5.74, 6) is 1.10. The molecule has 1 aromatic rings. The number of fused-ring (bicyclic) bond motifs is 1. The standard InChI is InChI=1S/C18H21N5OS/c19-9-13-8-14(10-20)18(22-17(13)21)25-11-16(24)23-7-3-5-12-4-1-2-6-15(12)23/h8,12,15H,1-7,11H2,(H2,21,22)/t12-,15-/m1/s1. The summed E-state index contributed by atoms with van der Waals surface area (Å²) in [5, 5.41) is 18.7. The van der Waals surface area contributed by atoms with Gasteiger partial charge in [0.25, 0.3) is 0 Å². The highest BCUT2D eigenvalue weighted by atomic mass is 32.2. The number of amides is 1. The van der Waals surface area contributed by atoms with Gasteiger partial charge >= 0.3 is 0 Å². The normalized spacial score (nSPS) is 22.6. The number of rotatable bonds is 3. The third-order valence-electron chi connectivity index (χ3n) is 5.15. The van der Waals surface area contributed by atoms with Gasteiger partial charge in [-0.1, -0.05) is 24.6 Å². The van der Waals surface area contributed by atoms with Crippen molar-refractivity contribution in [1.82, 2.24) is 9.88 Å². The second-order valence-electron chi connectivity index (χ2n) is 6.63. The molecule has 2 N–H and O–H groups in total. The van der Waals surface area contributed by atoms with Gasteiger partial charge < -0.3 is 10.6 Å². The van der Waals surface area contributed by atoms with Crippen molar-refractivity contribution in [3.05, 3.63) is 17.2 Å². The molecule has 0 spiro atoms. The van der Waals surface area contributed by atoms with Crippen molar-refractivity contribution < 1.29 is 4.79 Å². The van der Waals surface area contributed by atoms with Crippen LogP contribution in [0.25, 0.3) is 0 Å². The molecule has 1 aromatic heterocycles. The third kappa shape index (κ3) is 3.72. The number of nitriles is 2. The number of carbonyl (C=O) groups is 1. The summed E-state index contributed by atoms with van der Waals surface area (Å²) in [4.78, 5) is 18.9. The van der Waals surface area contributed by atoms with Gasteiger partial charge in [-0.25, -0.2) is 4.98 Å². The van der Waals surface area contributed by atoms with Gasteiger partial charge in [-0.05, 0) is 37.7 Å². The first-order valence-corrected chi connectivity index (χ1v) is 9.65. The van der Waals surface area contributed by atoms with Crippen molar-refractivity contribution in [2.45, 2.75) is 49.6 Å². The van der Waals surface area contributed by atoms with Crippen LogP contribution >= 0.6 is 11.8 Å². The molecule has 1 aliphatic carbocycles. The quantitative estimate of drug-likeness (QED) is 0.835. The predicted molar refractivity (Wildman–Crippen MR) is 95.5 cm³/mol. The van der Waals surface area contributed by atoms with Gasteiger partial charge in [0.1, 0.15) is 23.0 Å². The van der Waals surface area contributed by atoms with Crippen LogP contribution < -0.4 is 5.73 Å². The zero-order valence-electron chi connectivity index (χ0n) is 14.1. The molecule has 25 heavy (non-hydrogen) atoms.